The van der Waals surface area contributed by atoms with E-state index in [9.17, 15) is 9.59 Å². The second kappa shape index (κ2) is 6.29. The lowest BCUT2D eigenvalue weighted by molar-refractivity contribution is 0.565. The van der Waals surface area contributed by atoms with Crippen molar-refractivity contribution in [3.63, 3.8) is 0 Å². The van der Waals surface area contributed by atoms with Crippen molar-refractivity contribution < 1.29 is 9.59 Å². The lowest BCUT2D eigenvalue weighted by atomic mass is 9.89. The molecule has 0 radical (unpaired) electrons. The van der Waals surface area contributed by atoms with Crippen molar-refractivity contribution in [2.75, 3.05) is 0 Å². The van der Waals surface area contributed by atoms with Crippen molar-refractivity contribution in [2.24, 2.45) is 9.98 Å². The summed E-state index contributed by atoms with van der Waals surface area (Å²) in [6.45, 7) is 1.76. The Bertz CT molecular complexity index is 708. The number of hydrogen-bond acceptors (Lipinski definition) is 4. The van der Waals surface area contributed by atoms with Crippen LogP contribution in [0, 0.1) is 0 Å². The average molecular weight is 299 g/mol. The Hall–Kier alpha value is -2.51. The van der Waals surface area contributed by atoms with E-state index < -0.39 is 4.87 Å². The van der Waals surface area contributed by atoms with Gasteiger partial charge in [0.1, 0.15) is 0 Å². The van der Waals surface area contributed by atoms with Gasteiger partial charge in [-0.3, -0.25) is 0 Å². The monoisotopic (exact) mass is 298 g/mol. The summed E-state index contributed by atoms with van der Waals surface area (Å²) in [4.78, 5) is 27.5. The van der Waals surface area contributed by atoms with Crippen molar-refractivity contribution in [1.29, 1.82) is 0 Å². The number of alkyl halides is 1. The van der Waals surface area contributed by atoms with Crippen molar-refractivity contribution in [3.05, 3.63) is 59.7 Å². The summed E-state index contributed by atoms with van der Waals surface area (Å²) in [6, 6.07) is 14.1. The Balaban J connectivity index is 2.76. The molecule has 1 unspecified atom stereocenters. The van der Waals surface area contributed by atoms with Gasteiger partial charge in [0.15, 0.2) is 0 Å². The predicted octanol–water partition coefficient (Wildman–Crippen LogP) is 4.12. The molecule has 104 valence electrons. The summed E-state index contributed by atoms with van der Waals surface area (Å²) in [5.74, 6) is 0. The van der Waals surface area contributed by atoms with Crippen LogP contribution >= 0.6 is 11.6 Å². The number of halogens is 1. The molecule has 0 aliphatic heterocycles. The first-order chi connectivity index (χ1) is 10.1. The molecule has 0 fully saturated rings. The highest BCUT2D eigenvalue weighted by Crippen LogP contribution is 2.45. The van der Waals surface area contributed by atoms with Crippen LogP contribution in [-0.2, 0) is 14.5 Å². The van der Waals surface area contributed by atoms with Crippen molar-refractivity contribution in [1.82, 2.24) is 0 Å². The van der Waals surface area contributed by atoms with Crippen LogP contribution in [0.2, 0.25) is 0 Å². The van der Waals surface area contributed by atoms with E-state index in [1.165, 1.54) is 12.2 Å². The Morgan fingerprint density at radius 2 is 1.43 bits per heavy atom. The van der Waals surface area contributed by atoms with Gasteiger partial charge in [-0.05, 0) is 24.6 Å². The maximum atomic E-state index is 10.6. The highest BCUT2D eigenvalue weighted by Gasteiger charge is 2.31. The van der Waals surface area contributed by atoms with Gasteiger partial charge in [-0.25, -0.2) is 9.59 Å². The predicted molar refractivity (Wildman–Crippen MR) is 80.8 cm³/mol. The summed E-state index contributed by atoms with van der Waals surface area (Å²) in [5.41, 5.74) is 1.90. The summed E-state index contributed by atoms with van der Waals surface area (Å²) in [7, 11) is 0. The van der Waals surface area contributed by atoms with Gasteiger partial charge in [-0.15, -0.1) is 11.6 Å². The maximum absolute atomic E-state index is 10.6. The van der Waals surface area contributed by atoms with Gasteiger partial charge in [-0.2, -0.15) is 9.98 Å². The Labute approximate surface area is 126 Å². The topological polar surface area (TPSA) is 58.9 Å². The van der Waals surface area contributed by atoms with Crippen LogP contribution in [0.3, 0.4) is 0 Å². The number of aliphatic imine (C=N–C) groups is 2. The zero-order valence-electron chi connectivity index (χ0n) is 11.2. The minimum Gasteiger partial charge on any atom is -0.211 e. The van der Waals surface area contributed by atoms with E-state index in [-0.39, 0.29) is 0 Å². The van der Waals surface area contributed by atoms with Crippen molar-refractivity contribution in [2.45, 2.75) is 11.8 Å². The molecule has 1 atom stereocenters. The third kappa shape index (κ3) is 2.99. The summed E-state index contributed by atoms with van der Waals surface area (Å²) in [5, 5.41) is 0. The van der Waals surface area contributed by atoms with E-state index >= 15 is 0 Å². The van der Waals surface area contributed by atoms with Gasteiger partial charge in [-0.1, -0.05) is 36.4 Å². The largest absolute Gasteiger partial charge is 0.240 e. The van der Waals surface area contributed by atoms with E-state index in [4.69, 9.17) is 11.6 Å². The van der Waals surface area contributed by atoms with E-state index in [0.717, 1.165) is 5.56 Å². The van der Waals surface area contributed by atoms with Crippen LogP contribution in [0.1, 0.15) is 18.1 Å². The zero-order valence-corrected chi connectivity index (χ0v) is 12.0. The van der Waals surface area contributed by atoms with Crippen LogP contribution in [-0.4, -0.2) is 12.2 Å². The van der Waals surface area contributed by atoms with E-state index in [1.807, 2.05) is 30.3 Å². The van der Waals surface area contributed by atoms with Gasteiger partial charge in [0.25, 0.3) is 0 Å². The molecule has 0 amide bonds. The third-order valence-corrected chi connectivity index (χ3v) is 3.55. The highest BCUT2D eigenvalue weighted by atomic mass is 35.5. The minimum atomic E-state index is -1.01. The second-order valence-electron chi connectivity index (χ2n) is 4.45. The number of isocyanates is 2. The average Bonchev–Trinajstić information content (AvgIpc) is 2.49. The summed E-state index contributed by atoms with van der Waals surface area (Å²) in [6.07, 6.45) is 2.99. The van der Waals surface area contributed by atoms with Crippen LogP contribution < -0.4 is 0 Å². The van der Waals surface area contributed by atoms with Gasteiger partial charge in [0.2, 0.25) is 12.2 Å². The summed E-state index contributed by atoms with van der Waals surface area (Å²) >= 11 is 6.69. The molecule has 4 nitrogen and oxygen atoms in total. The number of hydrogen-bond donors (Lipinski definition) is 0. The number of benzene rings is 2. The van der Waals surface area contributed by atoms with Crippen LogP contribution in [0.4, 0.5) is 11.4 Å². The molecule has 0 heterocycles. The molecule has 21 heavy (non-hydrogen) atoms. The Morgan fingerprint density at radius 3 is 1.90 bits per heavy atom. The molecule has 0 bridgehead atoms. The van der Waals surface area contributed by atoms with E-state index in [1.54, 1.807) is 25.1 Å². The molecule has 2 aromatic rings. The number of rotatable bonds is 4. The fraction of sp³-hybridized carbons (Fsp3) is 0.125. The second-order valence-corrected chi connectivity index (χ2v) is 5.20. The van der Waals surface area contributed by atoms with Gasteiger partial charge < -0.3 is 0 Å². The Kier molecular flexibility index (Phi) is 4.46. The van der Waals surface area contributed by atoms with Gasteiger partial charge in [0, 0.05) is 5.56 Å². The molecule has 0 spiro atoms. The van der Waals surface area contributed by atoms with Gasteiger partial charge in [0.05, 0.1) is 16.2 Å². The van der Waals surface area contributed by atoms with E-state index in [0.29, 0.717) is 16.9 Å². The highest BCUT2D eigenvalue weighted by molar-refractivity contribution is 6.26. The molecule has 0 aliphatic rings. The first kappa shape index (κ1) is 14.9. The molecular weight excluding hydrogens is 288 g/mol. The molecule has 0 aliphatic carbocycles. The van der Waals surface area contributed by atoms with Crippen molar-refractivity contribution in [3.8, 4) is 0 Å². The lowest BCUT2D eigenvalue weighted by Crippen LogP contribution is -2.16. The van der Waals surface area contributed by atoms with Crippen LogP contribution in [0.25, 0.3) is 0 Å². The quantitative estimate of drug-likeness (QED) is 0.484. The fourth-order valence-corrected chi connectivity index (χ4v) is 2.51. The van der Waals surface area contributed by atoms with Crippen LogP contribution in [0.15, 0.2) is 58.5 Å². The molecule has 0 aromatic heterocycles. The molecule has 2 rings (SSSR count). The standard InChI is InChI=1S/C16H11ClN2O2/c1-16(17,12-6-3-2-4-7-12)15-13(18-10-20)8-5-9-14(15)19-11-21/h2-9H,1H3. The summed E-state index contributed by atoms with van der Waals surface area (Å²) < 4.78 is 0. The molecule has 2 aromatic carbocycles. The fourth-order valence-electron chi connectivity index (χ4n) is 2.19. The zero-order chi connectivity index (χ0) is 15.3. The molecule has 5 heteroatoms. The van der Waals surface area contributed by atoms with Crippen LogP contribution in [0.5, 0.6) is 0 Å². The molecular formula is C16H11ClN2O2. The lowest BCUT2D eigenvalue weighted by Gasteiger charge is -2.25. The maximum Gasteiger partial charge on any atom is 0.240 e. The minimum absolute atomic E-state index is 0.322. The smallest absolute Gasteiger partial charge is 0.211 e. The third-order valence-electron chi connectivity index (χ3n) is 3.14. The normalized spacial score (nSPS) is 12.7. The van der Waals surface area contributed by atoms with E-state index in [2.05, 4.69) is 9.98 Å². The SMILES string of the molecule is CC(Cl)(c1ccccc1)c1c(N=C=O)cccc1N=C=O. The number of nitrogens with zero attached hydrogens (tertiary/aromatic N) is 2. The first-order valence-electron chi connectivity index (χ1n) is 6.15. The molecule has 0 saturated heterocycles. The molecule has 0 saturated carbocycles. The number of carbonyl (C=O) groups excluding carboxylic acids is 2. The Morgan fingerprint density at radius 1 is 0.905 bits per heavy atom. The molecule has 0 N–H and O–H groups in total. The first-order valence-corrected chi connectivity index (χ1v) is 6.52. The van der Waals surface area contributed by atoms with Crippen molar-refractivity contribution >= 4 is 35.1 Å². The van der Waals surface area contributed by atoms with Gasteiger partial charge >= 0.3 is 0 Å².